The Bertz CT molecular complexity index is 401. The first-order valence-corrected chi connectivity index (χ1v) is 6.55. The van der Waals surface area contributed by atoms with Gasteiger partial charge in [-0.2, -0.15) is 0 Å². The molecule has 108 valence electrons. The minimum atomic E-state index is -0.448. The quantitative estimate of drug-likeness (QED) is 0.765. The Hall–Kier alpha value is -1.33. The van der Waals surface area contributed by atoms with E-state index in [1.54, 1.807) is 12.1 Å². The summed E-state index contributed by atoms with van der Waals surface area (Å²) in [7, 11) is 3.34. The summed E-state index contributed by atoms with van der Waals surface area (Å²) in [6.07, 6.45) is 0.943. The normalized spacial score (nSPS) is 13.0. The van der Waals surface area contributed by atoms with Crippen LogP contribution in [0, 0.1) is 5.92 Å². The molecule has 0 aliphatic rings. The Morgan fingerprint density at radius 3 is 2.74 bits per heavy atom. The topological polar surface area (TPSA) is 68.7 Å². The van der Waals surface area contributed by atoms with E-state index in [1.807, 2.05) is 7.05 Å². The third-order valence-corrected chi connectivity index (χ3v) is 3.17. The highest BCUT2D eigenvalue weighted by Gasteiger charge is 2.13. The van der Waals surface area contributed by atoms with Crippen LogP contribution in [0.25, 0.3) is 0 Å². The first-order chi connectivity index (χ1) is 8.93. The molecule has 0 radical (unpaired) electrons. The molecule has 19 heavy (non-hydrogen) atoms. The van der Waals surface area contributed by atoms with E-state index >= 15 is 0 Å². The van der Waals surface area contributed by atoms with E-state index < -0.39 is 5.97 Å². The van der Waals surface area contributed by atoms with Gasteiger partial charge >= 0.3 is 5.97 Å². The Balaban J connectivity index is 2.42. The molecule has 1 heterocycles. The summed E-state index contributed by atoms with van der Waals surface area (Å²) in [6.45, 7) is 5.80. The SMILES string of the molecule is COC(=O)c1ccc(CN(C)CCC(N)C(C)C)o1. The third kappa shape index (κ3) is 5.04. The fraction of sp³-hybridized carbons (Fsp3) is 0.643. The van der Waals surface area contributed by atoms with Gasteiger partial charge in [0.1, 0.15) is 5.76 Å². The van der Waals surface area contributed by atoms with Crippen molar-refractivity contribution >= 4 is 5.97 Å². The summed E-state index contributed by atoms with van der Waals surface area (Å²) in [5, 5.41) is 0. The lowest BCUT2D eigenvalue weighted by atomic mass is 10.0. The second-order valence-electron chi connectivity index (χ2n) is 5.19. The zero-order chi connectivity index (χ0) is 14.4. The maximum Gasteiger partial charge on any atom is 0.373 e. The van der Waals surface area contributed by atoms with E-state index in [2.05, 4.69) is 23.5 Å². The number of carbonyl (C=O) groups excluding carboxylic acids is 1. The van der Waals surface area contributed by atoms with Crippen LogP contribution in [0.1, 0.15) is 36.6 Å². The smallest absolute Gasteiger partial charge is 0.373 e. The number of ether oxygens (including phenoxy) is 1. The number of carbonyl (C=O) groups is 1. The minimum absolute atomic E-state index is 0.213. The molecule has 1 unspecified atom stereocenters. The van der Waals surface area contributed by atoms with Crippen LogP contribution in [-0.2, 0) is 11.3 Å². The summed E-state index contributed by atoms with van der Waals surface area (Å²) < 4.78 is 10.0. The van der Waals surface area contributed by atoms with Gasteiger partial charge in [0.15, 0.2) is 0 Å². The molecule has 1 aromatic rings. The number of methoxy groups -OCH3 is 1. The number of furan rings is 1. The molecular formula is C14H24N2O3. The zero-order valence-corrected chi connectivity index (χ0v) is 12.2. The van der Waals surface area contributed by atoms with Crippen molar-refractivity contribution in [1.82, 2.24) is 4.90 Å². The van der Waals surface area contributed by atoms with E-state index in [1.165, 1.54) is 7.11 Å². The minimum Gasteiger partial charge on any atom is -0.463 e. The maximum absolute atomic E-state index is 11.3. The van der Waals surface area contributed by atoms with Gasteiger partial charge in [-0.1, -0.05) is 13.8 Å². The standard InChI is InChI=1S/C14H24N2O3/c1-10(2)12(15)7-8-16(3)9-11-5-6-13(19-11)14(17)18-4/h5-6,10,12H,7-9,15H2,1-4H3. The molecule has 0 saturated carbocycles. The molecule has 1 atom stereocenters. The van der Waals surface area contributed by atoms with Crippen LogP contribution in [0.4, 0.5) is 0 Å². The van der Waals surface area contributed by atoms with E-state index in [0.717, 1.165) is 18.7 Å². The van der Waals surface area contributed by atoms with Crippen molar-refractivity contribution in [2.24, 2.45) is 11.7 Å². The van der Waals surface area contributed by atoms with Crippen molar-refractivity contribution in [3.63, 3.8) is 0 Å². The van der Waals surface area contributed by atoms with E-state index in [-0.39, 0.29) is 11.8 Å². The lowest BCUT2D eigenvalue weighted by Crippen LogP contribution is -2.31. The van der Waals surface area contributed by atoms with Crippen molar-refractivity contribution in [3.8, 4) is 0 Å². The predicted molar refractivity (Wildman–Crippen MR) is 73.8 cm³/mol. The Kier molecular flexibility index (Phi) is 6.05. The third-order valence-electron chi connectivity index (χ3n) is 3.17. The fourth-order valence-electron chi connectivity index (χ4n) is 1.72. The average Bonchev–Trinajstić information content (AvgIpc) is 2.83. The van der Waals surface area contributed by atoms with E-state index in [4.69, 9.17) is 10.2 Å². The molecule has 5 heteroatoms. The number of esters is 1. The largest absolute Gasteiger partial charge is 0.463 e. The summed E-state index contributed by atoms with van der Waals surface area (Å²) in [5.41, 5.74) is 6.01. The molecule has 0 aliphatic heterocycles. The van der Waals surface area contributed by atoms with E-state index in [0.29, 0.717) is 12.5 Å². The van der Waals surface area contributed by atoms with Gasteiger partial charge in [-0.15, -0.1) is 0 Å². The molecule has 0 fully saturated rings. The molecule has 0 aliphatic carbocycles. The highest BCUT2D eigenvalue weighted by Crippen LogP contribution is 2.12. The maximum atomic E-state index is 11.3. The van der Waals surface area contributed by atoms with Gasteiger partial charge in [0.25, 0.3) is 0 Å². The lowest BCUT2D eigenvalue weighted by Gasteiger charge is -2.20. The molecule has 1 aromatic heterocycles. The number of hydrogen-bond donors (Lipinski definition) is 1. The first-order valence-electron chi connectivity index (χ1n) is 6.55. The van der Waals surface area contributed by atoms with Gasteiger partial charge in [0, 0.05) is 6.04 Å². The van der Waals surface area contributed by atoms with Crippen molar-refractivity contribution < 1.29 is 13.9 Å². The van der Waals surface area contributed by atoms with Crippen molar-refractivity contribution in [3.05, 3.63) is 23.7 Å². The van der Waals surface area contributed by atoms with Crippen LogP contribution in [0.3, 0.4) is 0 Å². The Morgan fingerprint density at radius 1 is 1.47 bits per heavy atom. The van der Waals surface area contributed by atoms with Crippen molar-refractivity contribution in [1.29, 1.82) is 0 Å². The van der Waals surface area contributed by atoms with Gasteiger partial charge in [0.2, 0.25) is 5.76 Å². The van der Waals surface area contributed by atoms with E-state index in [9.17, 15) is 4.79 Å². The van der Waals surface area contributed by atoms with Crippen LogP contribution in [-0.4, -0.2) is 37.6 Å². The monoisotopic (exact) mass is 268 g/mol. The molecule has 0 saturated heterocycles. The summed E-state index contributed by atoms with van der Waals surface area (Å²) in [5.74, 6) is 1.03. The number of rotatable bonds is 7. The molecule has 5 nitrogen and oxygen atoms in total. The average molecular weight is 268 g/mol. The van der Waals surface area contributed by atoms with Crippen LogP contribution < -0.4 is 5.73 Å². The number of nitrogens with zero attached hydrogens (tertiary/aromatic N) is 1. The molecule has 0 amide bonds. The summed E-state index contributed by atoms with van der Waals surface area (Å²) in [4.78, 5) is 13.4. The first kappa shape index (κ1) is 15.7. The second kappa shape index (κ2) is 7.31. The van der Waals surface area contributed by atoms with Crippen LogP contribution in [0.15, 0.2) is 16.5 Å². The van der Waals surface area contributed by atoms with Crippen molar-refractivity contribution in [2.75, 3.05) is 20.7 Å². The molecular weight excluding hydrogens is 244 g/mol. The van der Waals surface area contributed by atoms with Gasteiger partial charge in [-0.05, 0) is 38.1 Å². The fourth-order valence-corrected chi connectivity index (χ4v) is 1.72. The van der Waals surface area contributed by atoms with Crippen LogP contribution in [0.5, 0.6) is 0 Å². The van der Waals surface area contributed by atoms with Gasteiger partial charge in [0.05, 0.1) is 13.7 Å². The van der Waals surface area contributed by atoms with Crippen molar-refractivity contribution in [2.45, 2.75) is 32.9 Å². The van der Waals surface area contributed by atoms with Gasteiger partial charge < -0.3 is 14.9 Å². The van der Waals surface area contributed by atoms with Gasteiger partial charge in [-0.3, -0.25) is 4.90 Å². The second-order valence-corrected chi connectivity index (χ2v) is 5.19. The molecule has 0 bridgehead atoms. The molecule has 0 spiro atoms. The highest BCUT2D eigenvalue weighted by molar-refractivity contribution is 5.86. The zero-order valence-electron chi connectivity index (χ0n) is 12.2. The summed E-state index contributed by atoms with van der Waals surface area (Å²) in [6, 6.07) is 3.64. The lowest BCUT2D eigenvalue weighted by molar-refractivity contribution is 0.0561. The molecule has 0 aromatic carbocycles. The van der Waals surface area contributed by atoms with Gasteiger partial charge in [-0.25, -0.2) is 4.79 Å². The van der Waals surface area contributed by atoms with Crippen LogP contribution in [0.2, 0.25) is 0 Å². The van der Waals surface area contributed by atoms with Crippen LogP contribution >= 0.6 is 0 Å². The summed E-state index contributed by atoms with van der Waals surface area (Å²) >= 11 is 0. The Labute approximate surface area is 114 Å². The Morgan fingerprint density at radius 2 is 2.16 bits per heavy atom. The molecule has 1 rings (SSSR count). The highest BCUT2D eigenvalue weighted by atomic mass is 16.5. The number of hydrogen-bond acceptors (Lipinski definition) is 5. The predicted octanol–water partition coefficient (Wildman–Crippen LogP) is 1.87. The number of nitrogens with two attached hydrogens (primary N) is 1. The molecule has 2 N–H and O–H groups in total.